The Kier molecular flexibility index (Phi) is 7.21. The number of hydrogen-bond acceptors (Lipinski definition) is 1. The lowest BCUT2D eigenvalue weighted by Crippen LogP contribution is -1.93. The van der Waals surface area contributed by atoms with E-state index in [-0.39, 0.29) is 0 Å². The Bertz CT molecular complexity index is 3170. The monoisotopic (exact) mass is 698 g/mol. The van der Waals surface area contributed by atoms with E-state index < -0.39 is 0 Å². The molecule has 2 aromatic heterocycles. The fourth-order valence-corrected chi connectivity index (χ4v) is 8.68. The van der Waals surface area contributed by atoms with Gasteiger partial charge in [-0.15, -0.1) is 0 Å². The number of aromatic nitrogens is 2. The summed E-state index contributed by atoms with van der Waals surface area (Å²) < 4.78 is 2.33. The van der Waals surface area contributed by atoms with Gasteiger partial charge in [-0.25, -0.2) is 0 Å². The maximum Gasteiger partial charge on any atom is 0.0571 e. The van der Waals surface area contributed by atoms with E-state index in [1.807, 2.05) is 12.4 Å². The maximum absolute atomic E-state index is 4.50. The zero-order valence-corrected chi connectivity index (χ0v) is 30.0. The molecule has 0 fully saturated rings. The standard InChI is InChI=1S/C53H34N2/c1-2-12-43(13-3-1)55-50-29-28-42(33-48(50)49-34-54-31-30-51(49)55)37-20-25-39(26-21-37)53-46-16-8-6-14-44(46)52(45-15-7-9-17-47(45)53)38-23-18-36(19-24-38)41-27-22-35-10-4-5-11-40(35)32-41/h1-34H. The first kappa shape index (κ1) is 31.3. The van der Waals surface area contributed by atoms with Crippen LogP contribution < -0.4 is 0 Å². The first-order valence-electron chi connectivity index (χ1n) is 18.9. The number of para-hydroxylation sites is 1. The van der Waals surface area contributed by atoms with Crippen LogP contribution in [0.2, 0.25) is 0 Å². The van der Waals surface area contributed by atoms with E-state index in [4.69, 9.17) is 0 Å². The van der Waals surface area contributed by atoms with Crippen molar-refractivity contribution in [1.82, 2.24) is 9.55 Å². The molecule has 0 saturated carbocycles. The summed E-state index contributed by atoms with van der Waals surface area (Å²) in [7, 11) is 0. The molecule has 0 aliphatic heterocycles. The van der Waals surface area contributed by atoms with Crippen LogP contribution in [0.3, 0.4) is 0 Å². The van der Waals surface area contributed by atoms with Crippen molar-refractivity contribution in [2.75, 3.05) is 0 Å². The van der Waals surface area contributed by atoms with E-state index in [9.17, 15) is 0 Å². The lowest BCUT2D eigenvalue weighted by molar-refractivity contribution is 1.17. The average molecular weight is 699 g/mol. The number of pyridine rings is 1. The Balaban J connectivity index is 1.01. The zero-order valence-electron chi connectivity index (χ0n) is 30.0. The Morgan fingerprint density at radius 3 is 1.40 bits per heavy atom. The molecule has 0 aliphatic rings. The van der Waals surface area contributed by atoms with Gasteiger partial charge in [0.05, 0.1) is 11.0 Å². The lowest BCUT2D eigenvalue weighted by Gasteiger charge is -2.18. The Morgan fingerprint density at radius 1 is 0.309 bits per heavy atom. The van der Waals surface area contributed by atoms with Crippen LogP contribution in [-0.4, -0.2) is 9.55 Å². The van der Waals surface area contributed by atoms with Gasteiger partial charge in [0.2, 0.25) is 0 Å². The largest absolute Gasteiger partial charge is 0.309 e. The smallest absolute Gasteiger partial charge is 0.0571 e. The Morgan fingerprint density at radius 2 is 0.782 bits per heavy atom. The van der Waals surface area contributed by atoms with Gasteiger partial charge in [0.1, 0.15) is 0 Å². The van der Waals surface area contributed by atoms with Gasteiger partial charge in [-0.05, 0) is 113 Å². The van der Waals surface area contributed by atoms with Crippen molar-refractivity contribution in [3.63, 3.8) is 0 Å². The van der Waals surface area contributed by atoms with Crippen LogP contribution in [0.1, 0.15) is 0 Å². The minimum absolute atomic E-state index is 1.15. The van der Waals surface area contributed by atoms with E-state index in [1.54, 1.807) is 0 Å². The van der Waals surface area contributed by atoms with Gasteiger partial charge in [-0.2, -0.15) is 0 Å². The number of rotatable bonds is 5. The van der Waals surface area contributed by atoms with Crippen molar-refractivity contribution in [3.8, 4) is 50.2 Å². The van der Waals surface area contributed by atoms with Crippen molar-refractivity contribution in [1.29, 1.82) is 0 Å². The minimum atomic E-state index is 1.15. The average Bonchev–Trinajstić information content (AvgIpc) is 3.59. The molecule has 2 heteroatoms. The van der Waals surface area contributed by atoms with Crippen molar-refractivity contribution in [3.05, 3.63) is 207 Å². The fraction of sp³-hybridized carbons (Fsp3) is 0. The van der Waals surface area contributed by atoms with Gasteiger partial charge < -0.3 is 4.57 Å². The first-order valence-corrected chi connectivity index (χ1v) is 18.9. The van der Waals surface area contributed by atoms with Crippen LogP contribution >= 0.6 is 0 Å². The van der Waals surface area contributed by atoms with Crippen LogP contribution in [-0.2, 0) is 0 Å². The van der Waals surface area contributed by atoms with Crippen LogP contribution in [0.15, 0.2) is 207 Å². The third-order valence-electron chi connectivity index (χ3n) is 11.3. The first-order chi connectivity index (χ1) is 27.3. The number of hydrogen-bond donors (Lipinski definition) is 0. The van der Waals surface area contributed by atoms with Crippen LogP contribution in [0.25, 0.3) is 104 Å². The van der Waals surface area contributed by atoms with Gasteiger partial charge in [-0.1, -0.05) is 158 Å². The third-order valence-corrected chi connectivity index (χ3v) is 11.3. The number of nitrogens with zero attached hydrogens (tertiary/aromatic N) is 2. The highest BCUT2D eigenvalue weighted by atomic mass is 15.0. The van der Waals surface area contributed by atoms with E-state index in [0.717, 1.165) is 16.6 Å². The summed E-state index contributed by atoms with van der Waals surface area (Å²) in [6.45, 7) is 0. The predicted octanol–water partition coefficient (Wildman–Crippen LogP) is 14.3. The molecule has 55 heavy (non-hydrogen) atoms. The third kappa shape index (κ3) is 5.15. The molecule has 256 valence electrons. The van der Waals surface area contributed by atoms with Crippen molar-refractivity contribution >= 4 is 54.1 Å². The van der Waals surface area contributed by atoms with Crippen LogP contribution in [0.4, 0.5) is 0 Å². The molecule has 0 amide bonds. The second-order valence-electron chi connectivity index (χ2n) is 14.4. The summed E-state index contributed by atoms with van der Waals surface area (Å²) in [5.74, 6) is 0. The second kappa shape index (κ2) is 12.7. The molecule has 2 heterocycles. The summed E-state index contributed by atoms with van der Waals surface area (Å²) >= 11 is 0. The molecule has 0 bridgehead atoms. The quantitative estimate of drug-likeness (QED) is 0.164. The summed E-state index contributed by atoms with van der Waals surface area (Å²) in [6, 6.07) is 70.8. The summed E-state index contributed by atoms with van der Waals surface area (Å²) in [6.07, 6.45) is 3.87. The molecule has 11 rings (SSSR count). The number of benzene rings is 9. The highest BCUT2D eigenvalue weighted by Crippen LogP contribution is 2.44. The fourth-order valence-electron chi connectivity index (χ4n) is 8.68. The Hall–Kier alpha value is -7.29. The molecular formula is C53H34N2. The Labute approximate surface area is 319 Å². The van der Waals surface area contributed by atoms with Crippen molar-refractivity contribution in [2.24, 2.45) is 0 Å². The molecule has 0 atom stereocenters. The molecular weight excluding hydrogens is 665 g/mol. The maximum atomic E-state index is 4.50. The molecule has 0 spiro atoms. The van der Waals surface area contributed by atoms with E-state index in [0.29, 0.717) is 0 Å². The predicted molar refractivity (Wildman–Crippen MR) is 233 cm³/mol. The van der Waals surface area contributed by atoms with Crippen molar-refractivity contribution < 1.29 is 0 Å². The van der Waals surface area contributed by atoms with Gasteiger partial charge >= 0.3 is 0 Å². The highest BCUT2D eigenvalue weighted by Gasteiger charge is 2.18. The molecule has 0 aliphatic carbocycles. The highest BCUT2D eigenvalue weighted by molar-refractivity contribution is 6.21. The van der Waals surface area contributed by atoms with E-state index >= 15 is 0 Å². The minimum Gasteiger partial charge on any atom is -0.309 e. The molecule has 0 unspecified atom stereocenters. The van der Waals surface area contributed by atoms with Gasteiger partial charge in [0.15, 0.2) is 0 Å². The lowest BCUT2D eigenvalue weighted by atomic mass is 9.85. The topological polar surface area (TPSA) is 17.8 Å². The zero-order chi connectivity index (χ0) is 36.3. The summed E-state index contributed by atoms with van der Waals surface area (Å²) in [4.78, 5) is 4.50. The van der Waals surface area contributed by atoms with E-state index in [1.165, 1.54) is 87.7 Å². The number of fused-ring (bicyclic) bond motifs is 6. The molecule has 0 saturated heterocycles. The second-order valence-corrected chi connectivity index (χ2v) is 14.4. The normalized spacial score (nSPS) is 11.6. The van der Waals surface area contributed by atoms with Crippen molar-refractivity contribution in [2.45, 2.75) is 0 Å². The van der Waals surface area contributed by atoms with Gasteiger partial charge in [-0.3, -0.25) is 4.98 Å². The van der Waals surface area contributed by atoms with E-state index in [2.05, 4.69) is 204 Å². The molecule has 2 nitrogen and oxygen atoms in total. The van der Waals surface area contributed by atoms with Gasteiger partial charge in [0.25, 0.3) is 0 Å². The molecule has 9 aromatic carbocycles. The van der Waals surface area contributed by atoms with Crippen LogP contribution in [0.5, 0.6) is 0 Å². The molecule has 11 aromatic rings. The molecule has 0 radical (unpaired) electrons. The molecule has 0 N–H and O–H groups in total. The van der Waals surface area contributed by atoms with Crippen LogP contribution in [0, 0.1) is 0 Å². The summed E-state index contributed by atoms with van der Waals surface area (Å²) in [5, 5.41) is 9.90. The summed E-state index contributed by atoms with van der Waals surface area (Å²) in [5.41, 5.74) is 13.3. The van der Waals surface area contributed by atoms with Gasteiger partial charge in [0, 0.05) is 28.9 Å². The SMILES string of the molecule is c1ccc(-n2c3ccncc3c3cc(-c4ccc(-c5c6ccccc6c(-c6ccc(-c7ccc8ccccc8c7)cc6)c6ccccc56)cc4)ccc32)cc1.